The molecule has 1 saturated heterocycles. The Kier molecular flexibility index (Phi) is 3.76. The van der Waals surface area contributed by atoms with Gasteiger partial charge in [0, 0.05) is 23.6 Å². The van der Waals surface area contributed by atoms with Crippen molar-refractivity contribution in [3.05, 3.63) is 40.0 Å². The maximum atomic E-state index is 13.9. The van der Waals surface area contributed by atoms with Crippen molar-refractivity contribution >= 4 is 11.6 Å². The summed E-state index contributed by atoms with van der Waals surface area (Å²) in [6, 6.07) is 4.05. The SMILES string of the molecule is [N-]=[N+]=NC(=O)c1ccc(N2CCOCC2)c(F)c1. The topological polar surface area (TPSA) is 78.3 Å². The predicted octanol–water partition coefficient (Wildman–Crippen LogP) is 2.11. The summed E-state index contributed by atoms with van der Waals surface area (Å²) in [6.07, 6.45) is 0. The molecule has 0 saturated carbocycles. The number of ether oxygens (including phenoxy) is 1. The number of rotatable bonds is 2. The summed E-state index contributed by atoms with van der Waals surface area (Å²) < 4.78 is 19.0. The Morgan fingerprint density at radius 2 is 2.17 bits per heavy atom. The van der Waals surface area contributed by atoms with Crippen LogP contribution in [0.4, 0.5) is 10.1 Å². The van der Waals surface area contributed by atoms with Crippen LogP contribution in [0.15, 0.2) is 23.3 Å². The lowest BCUT2D eigenvalue weighted by Crippen LogP contribution is -2.36. The van der Waals surface area contributed by atoms with Crippen LogP contribution in [0.1, 0.15) is 10.4 Å². The number of carbonyl (C=O) groups is 1. The first kappa shape index (κ1) is 12.3. The Bertz CT molecular complexity index is 508. The molecule has 0 spiro atoms. The van der Waals surface area contributed by atoms with Crippen LogP contribution in [0.2, 0.25) is 0 Å². The Morgan fingerprint density at radius 3 is 2.78 bits per heavy atom. The van der Waals surface area contributed by atoms with E-state index in [4.69, 9.17) is 10.3 Å². The highest BCUT2D eigenvalue weighted by Crippen LogP contribution is 2.21. The first-order valence-electron chi connectivity index (χ1n) is 5.44. The molecule has 94 valence electrons. The fourth-order valence-corrected chi connectivity index (χ4v) is 1.80. The van der Waals surface area contributed by atoms with E-state index in [0.29, 0.717) is 32.0 Å². The molecule has 6 nitrogen and oxygen atoms in total. The molecule has 0 bridgehead atoms. The lowest BCUT2D eigenvalue weighted by Gasteiger charge is -2.29. The minimum Gasteiger partial charge on any atom is -0.378 e. The molecule has 0 unspecified atom stereocenters. The molecule has 1 aliphatic rings. The van der Waals surface area contributed by atoms with Crippen molar-refractivity contribution in [2.75, 3.05) is 31.2 Å². The molecule has 0 atom stereocenters. The fraction of sp³-hybridized carbons (Fsp3) is 0.364. The quantitative estimate of drug-likeness (QED) is 0.458. The van der Waals surface area contributed by atoms with Crippen LogP contribution in [0.3, 0.4) is 0 Å². The summed E-state index contributed by atoms with van der Waals surface area (Å²) in [6.45, 7) is 2.33. The van der Waals surface area contributed by atoms with E-state index in [2.05, 4.69) is 10.0 Å². The van der Waals surface area contributed by atoms with Crippen LogP contribution in [-0.4, -0.2) is 32.2 Å². The van der Waals surface area contributed by atoms with Gasteiger partial charge in [0.25, 0.3) is 0 Å². The third-order valence-electron chi connectivity index (χ3n) is 2.68. The number of carbonyl (C=O) groups excluding carboxylic acids is 1. The molecule has 1 heterocycles. The maximum Gasteiger partial charge on any atom is 0.249 e. The normalized spacial score (nSPS) is 15.1. The van der Waals surface area contributed by atoms with E-state index in [0.717, 1.165) is 6.07 Å². The molecule has 1 aliphatic heterocycles. The van der Waals surface area contributed by atoms with Gasteiger partial charge < -0.3 is 9.64 Å². The summed E-state index contributed by atoms with van der Waals surface area (Å²) >= 11 is 0. The molecular formula is C11H11FN4O2. The van der Waals surface area contributed by atoms with Crippen molar-refractivity contribution in [1.29, 1.82) is 0 Å². The van der Waals surface area contributed by atoms with E-state index in [1.54, 1.807) is 0 Å². The van der Waals surface area contributed by atoms with Crippen molar-refractivity contribution in [1.82, 2.24) is 0 Å². The van der Waals surface area contributed by atoms with Crippen LogP contribution in [0, 0.1) is 5.82 Å². The number of hydrogen-bond donors (Lipinski definition) is 0. The molecule has 18 heavy (non-hydrogen) atoms. The zero-order valence-corrected chi connectivity index (χ0v) is 9.54. The van der Waals surface area contributed by atoms with E-state index in [-0.39, 0.29) is 5.56 Å². The van der Waals surface area contributed by atoms with Crippen molar-refractivity contribution < 1.29 is 13.9 Å². The van der Waals surface area contributed by atoms with Gasteiger partial charge in [-0.2, -0.15) is 0 Å². The van der Waals surface area contributed by atoms with E-state index < -0.39 is 11.7 Å². The Balaban J connectivity index is 2.24. The lowest BCUT2D eigenvalue weighted by molar-refractivity contribution is 0.1000. The van der Waals surface area contributed by atoms with Crippen LogP contribution in [-0.2, 0) is 4.74 Å². The highest BCUT2D eigenvalue weighted by molar-refractivity contribution is 5.95. The van der Waals surface area contributed by atoms with Crippen molar-refractivity contribution in [2.45, 2.75) is 0 Å². The van der Waals surface area contributed by atoms with Crippen LogP contribution >= 0.6 is 0 Å². The van der Waals surface area contributed by atoms with Gasteiger partial charge in [-0.1, -0.05) is 0 Å². The predicted molar refractivity (Wildman–Crippen MR) is 62.9 cm³/mol. The Labute approximate surface area is 103 Å². The van der Waals surface area contributed by atoms with Gasteiger partial charge in [0.15, 0.2) is 0 Å². The average Bonchev–Trinajstić information content (AvgIpc) is 2.40. The first-order chi connectivity index (χ1) is 8.72. The molecule has 1 aromatic carbocycles. The molecule has 0 aliphatic carbocycles. The summed E-state index contributed by atoms with van der Waals surface area (Å²) in [5.74, 6) is -1.29. The third-order valence-corrected chi connectivity index (χ3v) is 2.68. The fourth-order valence-electron chi connectivity index (χ4n) is 1.80. The number of benzene rings is 1. The average molecular weight is 250 g/mol. The van der Waals surface area contributed by atoms with Gasteiger partial charge in [-0.25, -0.2) is 4.39 Å². The highest BCUT2D eigenvalue weighted by Gasteiger charge is 2.16. The van der Waals surface area contributed by atoms with Gasteiger partial charge in [0.2, 0.25) is 5.91 Å². The van der Waals surface area contributed by atoms with Gasteiger partial charge in [0.05, 0.1) is 18.9 Å². The van der Waals surface area contributed by atoms with Gasteiger partial charge >= 0.3 is 0 Å². The Morgan fingerprint density at radius 1 is 1.44 bits per heavy atom. The number of anilines is 1. The van der Waals surface area contributed by atoms with Gasteiger partial charge in [0.1, 0.15) is 5.82 Å². The van der Waals surface area contributed by atoms with E-state index in [9.17, 15) is 9.18 Å². The van der Waals surface area contributed by atoms with Crippen LogP contribution < -0.4 is 4.90 Å². The molecule has 0 aromatic heterocycles. The second-order valence-corrected chi connectivity index (χ2v) is 3.76. The number of azide groups is 1. The largest absolute Gasteiger partial charge is 0.378 e. The lowest BCUT2D eigenvalue weighted by atomic mass is 10.1. The molecule has 1 fully saturated rings. The molecule has 1 aromatic rings. The number of morpholine rings is 1. The summed E-state index contributed by atoms with van der Waals surface area (Å²) in [4.78, 5) is 15.5. The standard InChI is InChI=1S/C11H11FN4O2/c12-9-7-8(11(17)14-15-13)1-2-10(9)16-3-5-18-6-4-16/h1-2,7H,3-6H2. The Hall–Kier alpha value is -2.11. The van der Waals surface area contributed by atoms with E-state index in [1.807, 2.05) is 4.90 Å². The van der Waals surface area contributed by atoms with Crippen molar-refractivity contribution in [3.8, 4) is 0 Å². The molecule has 2 rings (SSSR count). The molecule has 0 radical (unpaired) electrons. The summed E-state index contributed by atoms with van der Waals surface area (Å²) in [5, 5.41) is 2.92. The third kappa shape index (κ3) is 2.58. The molecular weight excluding hydrogens is 239 g/mol. The number of halogens is 1. The molecule has 0 N–H and O–H groups in total. The monoisotopic (exact) mass is 250 g/mol. The first-order valence-corrected chi connectivity index (χ1v) is 5.44. The van der Waals surface area contributed by atoms with Gasteiger partial charge in [-0.05, 0) is 28.8 Å². The van der Waals surface area contributed by atoms with E-state index in [1.165, 1.54) is 12.1 Å². The minimum absolute atomic E-state index is 0.0438. The van der Waals surface area contributed by atoms with Gasteiger partial charge in [-0.3, -0.25) is 4.79 Å². The number of nitrogens with zero attached hydrogens (tertiary/aromatic N) is 4. The summed E-state index contributed by atoms with van der Waals surface area (Å²) in [7, 11) is 0. The molecule has 7 heteroatoms. The van der Waals surface area contributed by atoms with Crippen LogP contribution in [0.5, 0.6) is 0 Å². The van der Waals surface area contributed by atoms with E-state index >= 15 is 0 Å². The zero-order chi connectivity index (χ0) is 13.0. The second-order valence-electron chi connectivity index (χ2n) is 3.76. The zero-order valence-electron chi connectivity index (χ0n) is 9.54. The second kappa shape index (κ2) is 5.48. The van der Waals surface area contributed by atoms with Crippen molar-refractivity contribution in [2.24, 2.45) is 5.11 Å². The summed E-state index contributed by atoms with van der Waals surface area (Å²) in [5.41, 5.74) is 8.62. The smallest absolute Gasteiger partial charge is 0.249 e. The molecule has 1 amide bonds. The van der Waals surface area contributed by atoms with Gasteiger partial charge in [-0.15, -0.1) is 0 Å². The number of hydrogen-bond acceptors (Lipinski definition) is 3. The van der Waals surface area contributed by atoms with Crippen molar-refractivity contribution in [3.63, 3.8) is 0 Å². The minimum atomic E-state index is -0.787. The van der Waals surface area contributed by atoms with Crippen LogP contribution in [0.25, 0.3) is 10.4 Å². The number of amides is 1. The maximum absolute atomic E-state index is 13.9. The highest BCUT2D eigenvalue weighted by atomic mass is 19.1.